The van der Waals surface area contributed by atoms with Gasteiger partial charge in [-0.1, -0.05) is 34.6 Å². The third kappa shape index (κ3) is 3.20. The number of carbonyl (C=O) groups is 1. The Kier molecular flexibility index (Phi) is 5.92. The highest BCUT2D eigenvalue weighted by atomic mass is 16.4. The first-order valence-corrected chi connectivity index (χ1v) is 14.5. The first kappa shape index (κ1) is 26.9. The molecule has 12 atom stereocenters. The predicted molar refractivity (Wildman–Crippen MR) is 137 cm³/mol. The number of fused-ring (bicyclic) bond motifs is 6. The van der Waals surface area contributed by atoms with E-state index < -0.39 is 35.3 Å². The lowest BCUT2D eigenvalue weighted by molar-refractivity contribution is -0.252. The van der Waals surface area contributed by atoms with Gasteiger partial charge in [0.2, 0.25) is 0 Å². The predicted octanol–water partition coefficient (Wildman–Crippen LogP) is 4.37. The number of hydrogen-bond donors (Lipinski definition) is 5. The van der Waals surface area contributed by atoms with E-state index in [2.05, 4.69) is 34.6 Å². The van der Waals surface area contributed by atoms with Crippen LogP contribution in [0.5, 0.6) is 0 Å². The maximum atomic E-state index is 12.5. The quantitative estimate of drug-likeness (QED) is 0.360. The number of aliphatic hydroxyl groups excluding tert-OH is 3. The van der Waals surface area contributed by atoms with Crippen LogP contribution in [0.2, 0.25) is 0 Å². The minimum absolute atomic E-state index is 0.0601. The molecule has 5 aliphatic rings. The summed E-state index contributed by atoms with van der Waals surface area (Å²) in [6.45, 7) is 12.8. The molecule has 0 aliphatic heterocycles. The molecule has 0 aromatic heterocycles. The van der Waals surface area contributed by atoms with E-state index in [9.17, 15) is 30.3 Å². The SMILES string of the molecule is CC12CCC3C(C)(CCC(O)C3(C)C(=O)O)C1CCC1C3(C)CCC(O)C(C)(C)C3CC(O)C1(O)C2. The van der Waals surface area contributed by atoms with Gasteiger partial charge in [-0.05, 0) is 116 Å². The van der Waals surface area contributed by atoms with Crippen molar-refractivity contribution in [3.8, 4) is 0 Å². The smallest absolute Gasteiger partial charge is 0.312 e. The van der Waals surface area contributed by atoms with Crippen molar-refractivity contribution in [2.75, 3.05) is 0 Å². The number of aliphatic carboxylic acids is 1. The lowest BCUT2D eigenvalue weighted by Crippen LogP contribution is -2.67. The average Bonchev–Trinajstić information content (AvgIpc) is 2.91. The Bertz CT molecular complexity index is 919. The van der Waals surface area contributed by atoms with Gasteiger partial charge in [-0.3, -0.25) is 4.79 Å². The standard InChI is InChI=1S/C30H50O6/c1-25(2)20-15-23(33)30(36)16-26(3)12-9-18-27(4,14-11-22(32)29(18,6)24(34)35)17(26)7-8-19(30)28(20,5)13-10-21(25)31/h17-23,31-33,36H,7-16H2,1-6H3,(H,34,35). The van der Waals surface area contributed by atoms with Gasteiger partial charge in [0.25, 0.3) is 0 Å². The van der Waals surface area contributed by atoms with E-state index in [1.807, 2.05) is 0 Å². The molecule has 5 aliphatic carbocycles. The average molecular weight is 507 g/mol. The third-order valence-electron chi connectivity index (χ3n) is 13.6. The highest BCUT2D eigenvalue weighted by Crippen LogP contribution is 2.71. The molecular weight excluding hydrogens is 456 g/mol. The summed E-state index contributed by atoms with van der Waals surface area (Å²) in [6, 6.07) is 0. The zero-order chi connectivity index (χ0) is 26.7. The minimum atomic E-state index is -1.18. The Morgan fingerprint density at radius 3 is 1.83 bits per heavy atom. The monoisotopic (exact) mass is 506 g/mol. The van der Waals surface area contributed by atoms with Crippen molar-refractivity contribution in [1.29, 1.82) is 0 Å². The van der Waals surface area contributed by atoms with Crippen molar-refractivity contribution in [3.63, 3.8) is 0 Å². The van der Waals surface area contributed by atoms with Gasteiger partial charge in [0.05, 0.1) is 29.3 Å². The van der Waals surface area contributed by atoms with Gasteiger partial charge in [0.1, 0.15) is 0 Å². The number of rotatable bonds is 1. The maximum absolute atomic E-state index is 12.5. The molecule has 5 fully saturated rings. The Hall–Kier alpha value is -0.690. The summed E-state index contributed by atoms with van der Waals surface area (Å²) in [6.07, 6.45) is 5.08. The number of carboxylic acid groups (broad SMARTS) is 1. The Morgan fingerprint density at radius 1 is 0.667 bits per heavy atom. The topological polar surface area (TPSA) is 118 Å². The fourth-order valence-electron chi connectivity index (χ4n) is 11.6. The lowest BCUT2D eigenvalue weighted by Gasteiger charge is -2.65. The number of aliphatic hydroxyl groups is 4. The van der Waals surface area contributed by atoms with Crippen molar-refractivity contribution in [1.82, 2.24) is 0 Å². The van der Waals surface area contributed by atoms with Gasteiger partial charge in [0, 0.05) is 0 Å². The van der Waals surface area contributed by atoms with Crippen LogP contribution in [0.25, 0.3) is 0 Å². The van der Waals surface area contributed by atoms with Gasteiger partial charge in [-0.25, -0.2) is 0 Å². The van der Waals surface area contributed by atoms with E-state index in [4.69, 9.17) is 0 Å². The first-order valence-electron chi connectivity index (χ1n) is 14.5. The van der Waals surface area contributed by atoms with Crippen LogP contribution in [0.1, 0.15) is 106 Å². The zero-order valence-corrected chi connectivity index (χ0v) is 23.3. The van der Waals surface area contributed by atoms with Crippen molar-refractivity contribution in [3.05, 3.63) is 0 Å². The summed E-state index contributed by atoms with van der Waals surface area (Å²) in [4.78, 5) is 12.5. The Morgan fingerprint density at radius 2 is 1.22 bits per heavy atom. The van der Waals surface area contributed by atoms with Crippen LogP contribution in [-0.4, -0.2) is 55.4 Å². The molecular formula is C30H50O6. The molecule has 0 radical (unpaired) electrons. The van der Waals surface area contributed by atoms with E-state index >= 15 is 0 Å². The zero-order valence-electron chi connectivity index (χ0n) is 23.3. The molecule has 0 heterocycles. The molecule has 5 saturated carbocycles. The highest BCUT2D eigenvalue weighted by Gasteiger charge is 2.70. The van der Waals surface area contributed by atoms with Crippen LogP contribution in [0.3, 0.4) is 0 Å². The first-order chi connectivity index (χ1) is 16.5. The molecule has 0 aromatic rings. The van der Waals surface area contributed by atoms with Crippen LogP contribution in [0.15, 0.2) is 0 Å². The van der Waals surface area contributed by atoms with E-state index in [0.29, 0.717) is 19.3 Å². The van der Waals surface area contributed by atoms with Crippen molar-refractivity contribution < 1.29 is 30.3 Å². The molecule has 206 valence electrons. The van der Waals surface area contributed by atoms with Crippen LogP contribution >= 0.6 is 0 Å². The van der Waals surface area contributed by atoms with Gasteiger partial charge < -0.3 is 25.5 Å². The van der Waals surface area contributed by atoms with E-state index in [1.165, 1.54) is 0 Å². The van der Waals surface area contributed by atoms with Crippen molar-refractivity contribution in [2.45, 2.75) is 130 Å². The Labute approximate surface area is 216 Å². The summed E-state index contributed by atoms with van der Waals surface area (Å²) in [5.74, 6) is -0.721. The molecule has 0 bridgehead atoms. The summed E-state index contributed by atoms with van der Waals surface area (Å²) in [5.41, 5.74) is -3.27. The summed E-state index contributed by atoms with van der Waals surface area (Å²) in [7, 11) is 0. The molecule has 0 spiro atoms. The van der Waals surface area contributed by atoms with Crippen LogP contribution in [-0.2, 0) is 4.79 Å². The third-order valence-corrected chi connectivity index (χ3v) is 13.6. The van der Waals surface area contributed by atoms with E-state index in [1.54, 1.807) is 6.92 Å². The normalized spacial score (nSPS) is 58.4. The van der Waals surface area contributed by atoms with Crippen LogP contribution in [0.4, 0.5) is 0 Å². The Balaban J connectivity index is 1.56. The fourth-order valence-corrected chi connectivity index (χ4v) is 11.6. The largest absolute Gasteiger partial charge is 0.481 e. The van der Waals surface area contributed by atoms with Gasteiger partial charge in [-0.2, -0.15) is 0 Å². The molecule has 36 heavy (non-hydrogen) atoms. The number of carboxylic acids is 1. The second-order valence-corrected chi connectivity index (χ2v) is 15.4. The molecule has 6 nitrogen and oxygen atoms in total. The van der Waals surface area contributed by atoms with Gasteiger partial charge in [-0.15, -0.1) is 0 Å². The van der Waals surface area contributed by atoms with Crippen LogP contribution < -0.4 is 0 Å². The van der Waals surface area contributed by atoms with Crippen molar-refractivity contribution >= 4 is 5.97 Å². The maximum Gasteiger partial charge on any atom is 0.312 e. The summed E-state index contributed by atoms with van der Waals surface area (Å²) < 4.78 is 0. The molecule has 6 heteroatoms. The second-order valence-electron chi connectivity index (χ2n) is 15.4. The molecule has 0 saturated heterocycles. The fraction of sp³-hybridized carbons (Fsp3) is 0.967. The summed E-state index contributed by atoms with van der Waals surface area (Å²) >= 11 is 0. The molecule has 0 amide bonds. The minimum Gasteiger partial charge on any atom is -0.481 e. The highest BCUT2D eigenvalue weighted by molar-refractivity contribution is 5.76. The molecule has 5 N–H and O–H groups in total. The molecule has 12 unspecified atom stereocenters. The van der Waals surface area contributed by atoms with Gasteiger partial charge >= 0.3 is 5.97 Å². The lowest BCUT2D eigenvalue weighted by atomic mass is 9.41. The second kappa shape index (κ2) is 7.92. The van der Waals surface area contributed by atoms with E-state index in [-0.39, 0.29) is 45.3 Å². The number of hydrogen-bond acceptors (Lipinski definition) is 5. The molecule has 5 rings (SSSR count). The van der Waals surface area contributed by atoms with Crippen molar-refractivity contribution in [2.24, 2.45) is 50.7 Å². The molecule has 0 aromatic carbocycles. The van der Waals surface area contributed by atoms with Gasteiger partial charge in [0.15, 0.2) is 0 Å². The van der Waals surface area contributed by atoms with E-state index in [0.717, 1.165) is 44.9 Å². The van der Waals surface area contributed by atoms with Crippen LogP contribution in [0, 0.1) is 50.7 Å². The summed E-state index contributed by atoms with van der Waals surface area (Å²) in [5, 5.41) is 56.1.